The number of phenolic OH excluding ortho intramolecular Hbond substituents is 1. The lowest BCUT2D eigenvalue weighted by molar-refractivity contribution is -0.136. The van der Waals surface area contributed by atoms with Crippen LogP contribution in [0.4, 0.5) is 5.69 Å². The average molecular weight is 291 g/mol. The fourth-order valence-electron chi connectivity index (χ4n) is 1.99. The number of phenols is 1. The summed E-state index contributed by atoms with van der Waals surface area (Å²) in [6, 6.07) is 3.46. The summed E-state index contributed by atoms with van der Waals surface area (Å²) < 4.78 is 0. The van der Waals surface area contributed by atoms with Crippen LogP contribution in [-0.4, -0.2) is 29.6 Å². The maximum Gasteiger partial charge on any atom is 0.303 e. The molecule has 114 valence electrons. The summed E-state index contributed by atoms with van der Waals surface area (Å²) in [6.07, 6.45) is 0.366. The first-order valence-electron chi connectivity index (χ1n) is 6.52. The van der Waals surface area contributed by atoms with Crippen molar-refractivity contribution in [1.82, 2.24) is 0 Å². The molecule has 0 aliphatic carbocycles. The monoisotopic (exact) mass is 291 g/mol. The van der Waals surface area contributed by atoms with Gasteiger partial charge >= 0.3 is 5.97 Å². The second kappa shape index (κ2) is 6.39. The minimum atomic E-state index is -0.873. The van der Waals surface area contributed by atoms with E-state index in [1.54, 1.807) is 6.07 Å². The topological polar surface area (TPSA) is 85.5 Å². The molecule has 0 amide bonds. The van der Waals surface area contributed by atoms with E-state index in [0.29, 0.717) is 17.7 Å². The van der Waals surface area contributed by atoms with Crippen LogP contribution in [-0.2, 0) is 16.6 Å². The van der Waals surface area contributed by atoms with Gasteiger partial charge in [0.25, 0.3) is 0 Å². The first-order chi connectivity index (χ1) is 9.70. The molecule has 0 atom stereocenters. The first kappa shape index (κ1) is 16.7. The van der Waals surface area contributed by atoms with Gasteiger partial charge in [0.05, 0.1) is 0 Å². The quantitative estimate of drug-likeness (QED) is 0.623. The van der Waals surface area contributed by atoms with Gasteiger partial charge in [0, 0.05) is 25.4 Å². The van der Waals surface area contributed by atoms with Crippen LogP contribution in [0.5, 0.6) is 5.75 Å². The second-order valence-electron chi connectivity index (χ2n) is 5.73. The van der Waals surface area contributed by atoms with E-state index in [4.69, 9.17) is 5.11 Å². The third-order valence-corrected chi connectivity index (χ3v) is 3.07. The standard InChI is InChI=1S/C15H21N3O3/c1-15(2,3)11-8-10(6-7-13(19)20)9-12(14(11)21)18(16-4)17-5/h8-9,21H,4-7H2,1-3H3,(H,19,20). The molecule has 2 N–H and O–H groups in total. The molecule has 21 heavy (non-hydrogen) atoms. The number of carboxylic acid groups (broad SMARTS) is 1. The maximum atomic E-state index is 10.7. The number of carbonyl (C=O) groups is 1. The summed E-state index contributed by atoms with van der Waals surface area (Å²) in [5.74, 6) is -0.830. The van der Waals surface area contributed by atoms with Crippen molar-refractivity contribution in [3.63, 3.8) is 0 Å². The maximum absolute atomic E-state index is 10.7. The Balaban J connectivity index is 3.41. The summed E-state index contributed by atoms with van der Waals surface area (Å²) in [4.78, 5) is 10.7. The number of aromatic hydroxyl groups is 1. The van der Waals surface area contributed by atoms with Crippen LogP contribution in [0.2, 0.25) is 0 Å². The zero-order valence-electron chi connectivity index (χ0n) is 12.6. The average Bonchev–Trinajstić information content (AvgIpc) is 2.38. The second-order valence-corrected chi connectivity index (χ2v) is 5.73. The Morgan fingerprint density at radius 3 is 2.29 bits per heavy atom. The summed E-state index contributed by atoms with van der Waals surface area (Å²) in [5, 5.41) is 27.7. The third kappa shape index (κ3) is 4.05. The molecule has 0 aliphatic rings. The van der Waals surface area contributed by atoms with E-state index in [9.17, 15) is 9.90 Å². The third-order valence-electron chi connectivity index (χ3n) is 3.07. The van der Waals surface area contributed by atoms with Gasteiger partial charge < -0.3 is 10.2 Å². The molecular formula is C15H21N3O3. The Bertz CT molecular complexity index is 554. The van der Waals surface area contributed by atoms with E-state index in [2.05, 4.69) is 23.6 Å². The number of hydrogen-bond acceptors (Lipinski definition) is 5. The Hall–Kier alpha value is -2.37. The van der Waals surface area contributed by atoms with Gasteiger partial charge in [-0.25, -0.2) is 0 Å². The molecule has 1 aromatic rings. The molecule has 0 aliphatic heterocycles. The van der Waals surface area contributed by atoms with E-state index >= 15 is 0 Å². The molecule has 0 heterocycles. The molecule has 6 heteroatoms. The highest BCUT2D eigenvalue weighted by Gasteiger charge is 2.23. The van der Waals surface area contributed by atoms with Crippen molar-refractivity contribution in [1.29, 1.82) is 0 Å². The number of rotatable bonds is 6. The SMILES string of the molecule is C=NN(N=C)c1cc(CCC(=O)O)cc(C(C)(C)C)c1O. The fraction of sp³-hybridized carbons (Fsp3) is 0.400. The zero-order chi connectivity index (χ0) is 16.2. The van der Waals surface area contributed by atoms with Crippen LogP contribution >= 0.6 is 0 Å². The number of anilines is 1. The highest BCUT2D eigenvalue weighted by molar-refractivity contribution is 5.68. The van der Waals surface area contributed by atoms with Gasteiger partial charge in [0.2, 0.25) is 0 Å². The van der Waals surface area contributed by atoms with Crippen LogP contribution in [0.3, 0.4) is 0 Å². The molecule has 0 aromatic heterocycles. The number of hydrazone groups is 2. The van der Waals surface area contributed by atoms with Gasteiger partial charge in [-0.05, 0) is 23.5 Å². The van der Waals surface area contributed by atoms with Crippen molar-refractivity contribution in [3.05, 3.63) is 23.3 Å². The number of aliphatic carboxylic acids is 1. The van der Waals surface area contributed by atoms with E-state index < -0.39 is 5.97 Å². The molecule has 0 saturated heterocycles. The molecule has 1 aromatic carbocycles. The molecule has 0 fully saturated rings. The van der Waals surface area contributed by atoms with Gasteiger partial charge in [-0.2, -0.15) is 10.2 Å². The normalized spacial score (nSPS) is 11.0. The largest absolute Gasteiger partial charge is 0.505 e. The van der Waals surface area contributed by atoms with Crippen molar-refractivity contribution < 1.29 is 15.0 Å². The molecule has 0 saturated carbocycles. The summed E-state index contributed by atoms with van der Waals surface area (Å²) >= 11 is 0. The molecule has 1 rings (SSSR count). The zero-order valence-corrected chi connectivity index (χ0v) is 12.6. The van der Waals surface area contributed by atoms with Gasteiger partial charge in [0.1, 0.15) is 11.4 Å². The van der Waals surface area contributed by atoms with Crippen LogP contribution in [0.1, 0.15) is 38.3 Å². The molecule has 0 unspecified atom stereocenters. The van der Waals surface area contributed by atoms with E-state index in [-0.39, 0.29) is 17.6 Å². The summed E-state index contributed by atoms with van der Waals surface area (Å²) in [6.45, 7) is 12.6. The molecule has 0 spiro atoms. The Morgan fingerprint density at radius 2 is 1.86 bits per heavy atom. The smallest absolute Gasteiger partial charge is 0.303 e. The van der Waals surface area contributed by atoms with Crippen LogP contribution < -0.4 is 5.12 Å². The summed E-state index contributed by atoms with van der Waals surface area (Å²) in [7, 11) is 0. The predicted molar refractivity (Wildman–Crippen MR) is 84.3 cm³/mol. The number of benzene rings is 1. The number of hydrogen-bond donors (Lipinski definition) is 2. The van der Waals surface area contributed by atoms with Gasteiger partial charge in [-0.1, -0.05) is 26.8 Å². The molecule has 6 nitrogen and oxygen atoms in total. The molecule has 0 bridgehead atoms. The minimum Gasteiger partial charge on any atom is -0.505 e. The minimum absolute atomic E-state index is 0.0107. The molecular weight excluding hydrogens is 270 g/mol. The van der Waals surface area contributed by atoms with E-state index in [1.165, 1.54) is 0 Å². The number of aryl methyl sites for hydroxylation is 1. The van der Waals surface area contributed by atoms with Crippen molar-refractivity contribution in [3.8, 4) is 5.75 Å². The predicted octanol–water partition coefficient (Wildman–Crippen LogP) is 2.74. The van der Waals surface area contributed by atoms with Gasteiger partial charge in [-0.15, -0.1) is 5.12 Å². The summed E-state index contributed by atoms with van der Waals surface area (Å²) in [5.41, 5.74) is 1.50. The van der Waals surface area contributed by atoms with E-state index in [0.717, 1.165) is 10.7 Å². The lowest BCUT2D eigenvalue weighted by Crippen LogP contribution is -2.15. The lowest BCUT2D eigenvalue weighted by Gasteiger charge is -2.24. The van der Waals surface area contributed by atoms with Crippen LogP contribution in [0, 0.1) is 0 Å². The van der Waals surface area contributed by atoms with Crippen molar-refractivity contribution in [2.45, 2.75) is 39.0 Å². The van der Waals surface area contributed by atoms with Crippen molar-refractivity contribution in [2.75, 3.05) is 5.12 Å². The number of nitrogens with zero attached hydrogens (tertiary/aromatic N) is 3. The van der Waals surface area contributed by atoms with Gasteiger partial charge in [0.15, 0.2) is 0 Å². The van der Waals surface area contributed by atoms with Crippen LogP contribution in [0.15, 0.2) is 22.3 Å². The van der Waals surface area contributed by atoms with E-state index in [1.807, 2.05) is 26.8 Å². The Kier molecular flexibility index (Phi) is 5.07. The lowest BCUT2D eigenvalue weighted by atomic mass is 9.84. The fourth-order valence-corrected chi connectivity index (χ4v) is 1.99. The highest BCUT2D eigenvalue weighted by atomic mass is 16.4. The highest BCUT2D eigenvalue weighted by Crippen LogP contribution is 2.39. The Labute approximate surface area is 124 Å². The first-order valence-corrected chi connectivity index (χ1v) is 6.52. The Morgan fingerprint density at radius 1 is 1.29 bits per heavy atom. The van der Waals surface area contributed by atoms with Crippen molar-refractivity contribution in [2.24, 2.45) is 10.2 Å². The van der Waals surface area contributed by atoms with Crippen LogP contribution in [0.25, 0.3) is 0 Å². The van der Waals surface area contributed by atoms with Crippen molar-refractivity contribution >= 4 is 25.1 Å². The molecule has 0 radical (unpaired) electrons. The number of carboxylic acids is 1. The van der Waals surface area contributed by atoms with Gasteiger partial charge in [-0.3, -0.25) is 4.79 Å².